The Morgan fingerprint density at radius 1 is 1.24 bits per heavy atom. The molecule has 96 valence electrons. The van der Waals surface area contributed by atoms with Crippen molar-refractivity contribution in [1.82, 2.24) is 10.2 Å². The molecule has 0 heterocycles. The molecule has 0 radical (unpaired) electrons. The van der Waals surface area contributed by atoms with Gasteiger partial charge in [-0.1, -0.05) is 29.3 Å². The number of hydrogen-bond acceptors (Lipinski definition) is 3. The maximum Gasteiger partial charge on any atom is 0.139 e. The Hall–Kier alpha value is -0.480. The molecule has 0 fully saturated rings. The fraction of sp³-hybridized carbons (Fsp3) is 0.500. The van der Waals surface area contributed by atoms with Gasteiger partial charge < -0.3 is 15.0 Å². The van der Waals surface area contributed by atoms with E-state index in [0.717, 1.165) is 19.6 Å². The summed E-state index contributed by atoms with van der Waals surface area (Å²) in [5, 5.41) is 4.27. The molecule has 0 aliphatic heterocycles. The zero-order chi connectivity index (χ0) is 12.7. The second kappa shape index (κ2) is 7.77. The van der Waals surface area contributed by atoms with Crippen LogP contribution < -0.4 is 10.1 Å². The SMILES string of the molecule is CN(C)CCNCCOc1cccc(Cl)c1Cl. The highest BCUT2D eigenvalue weighted by molar-refractivity contribution is 6.42. The minimum absolute atomic E-state index is 0.474. The summed E-state index contributed by atoms with van der Waals surface area (Å²) >= 11 is 11.9. The molecule has 0 unspecified atom stereocenters. The molecule has 3 nitrogen and oxygen atoms in total. The molecular weight excluding hydrogens is 259 g/mol. The predicted octanol–water partition coefficient (Wildman–Crippen LogP) is 2.52. The fourth-order valence-corrected chi connectivity index (χ4v) is 1.60. The molecule has 0 saturated carbocycles. The number of hydrogen-bond donors (Lipinski definition) is 1. The first kappa shape index (κ1) is 14.6. The van der Waals surface area contributed by atoms with Gasteiger partial charge in [0, 0.05) is 19.6 Å². The number of rotatable bonds is 7. The highest BCUT2D eigenvalue weighted by Crippen LogP contribution is 2.31. The highest BCUT2D eigenvalue weighted by Gasteiger charge is 2.04. The summed E-state index contributed by atoms with van der Waals surface area (Å²) in [4.78, 5) is 2.13. The van der Waals surface area contributed by atoms with Crippen molar-refractivity contribution in [3.8, 4) is 5.75 Å². The molecule has 5 heteroatoms. The van der Waals surface area contributed by atoms with Crippen LogP contribution in [0.3, 0.4) is 0 Å². The molecule has 0 atom stereocenters. The molecule has 1 rings (SSSR count). The number of likely N-dealkylation sites (N-methyl/N-ethyl adjacent to an activating group) is 1. The second-order valence-electron chi connectivity index (χ2n) is 3.95. The third-order valence-electron chi connectivity index (χ3n) is 2.19. The number of nitrogens with one attached hydrogen (secondary N) is 1. The van der Waals surface area contributed by atoms with Crippen LogP contribution in [0, 0.1) is 0 Å². The van der Waals surface area contributed by atoms with E-state index < -0.39 is 0 Å². The Balaban J connectivity index is 2.20. The maximum absolute atomic E-state index is 5.99. The lowest BCUT2D eigenvalue weighted by molar-refractivity contribution is 0.308. The van der Waals surface area contributed by atoms with Crippen molar-refractivity contribution < 1.29 is 4.74 Å². The molecule has 0 spiro atoms. The molecule has 0 amide bonds. The summed E-state index contributed by atoms with van der Waals surface area (Å²) < 4.78 is 5.53. The molecule has 0 saturated heterocycles. The van der Waals surface area contributed by atoms with Gasteiger partial charge in [0.15, 0.2) is 0 Å². The average molecular weight is 277 g/mol. The van der Waals surface area contributed by atoms with E-state index in [9.17, 15) is 0 Å². The van der Waals surface area contributed by atoms with Gasteiger partial charge in [-0.25, -0.2) is 0 Å². The zero-order valence-corrected chi connectivity index (χ0v) is 11.7. The average Bonchev–Trinajstić information content (AvgIpc) is 2.28. The van der Waals surface area contributed by atoms with Gasteiger partial charge in [-0.3, -0.25) is 0 Å². The Morgan fingerprint density at radius 3 is 2.71 bits per heavy atom. The van der Waals surface area contributed by atoms with E-state index in [2.05, 4.69) is 10.2 Å². The molecule has 0 aliphatic carbocycles. The van der Waals surface area contributed by atoms with E-state index in [1.165, 1.54) is 0 Å². The van der Waals surface area contributed by atoms with Crippen LogP contribution in [0.5, 0.6) is 5.75 Å². The van der Waals surface area contributed by atoms with Crippen LogP contribution in [0.25, 0.3) is 0 Å². The van der Waals surface area contributed by atoms with Crippen LogP contribution in [0.2, 0.25) is 10.0 Å². The third kappa shape index (κ3) is 5.59. The third-order valence-corrected chi connectivity index (χ3v) is 2.99. The summed E-state index contributed by atoms with van der Waals surface area (Å²) in [7, 11) is 4.09. The number of ether oxygens (including phenoxy) is 1. The first-order chi connectivity index (χ1) is 8.11. The molecule has 1 aromatic carbocycles. The fourth-order valence-electron chi connectivity index (χ4n) is 1.26. The van der Waals surface area contributed by atoms with Crippen LogP contribution in [-0.4, -0.2) is 45.2 Å². The first-order valence-electron chi connectivity index (χ1n) is 5.53. The topological polar surface area (TPSA) is 24.5 Å². The van der Waals surface area contributed by atoms with Gasteiger partial charge in [-0.15, -0.1) is 0 Å². The number of halogens is 2. The van der Waals surface area contributed by atoms with Crippen LogP contribution in [0.1, 0.15) is 0 Å². The Bertz CT molecular complexity index is 345. The summed E-state index contributed by atoms with van der Waals surface area (Å²) in [6, 6.07) is 5.38. The maximum atomic E-state index is 5.99. The first-order valence-corrected chi connectivity index (χ1v) is 6.29. The van der Waals surface area contributed by atoms with Gasteiger partial charge in [-0.05, 0) is 26.2 Å². The standard InChI is InChI=1S/C12H18Cl2N2O/c1-16(2)8-6-15-7-9-17-11-5-3-4-10(13)12(11)14/h3-5,15H,6-9H2,1-2H3. The van der Waals surface area contributed by atoms with Crippen molar-refractivity contribution in [3.05, 3.63) is 28.2 Å². The molecular formula is C12H18Cl2N2O. The molecule has 0 bridgehead atoms. The van der Waals surface area contributed by atoms with Crippen molar-refractivity contribution in [2.45, 2.75) is 0 Å². The van der Waals surface area contributed by atoms with E-state index in [1.54, 1.807) is 6.07 Å². The minimum atomic E-state index is 0.474. The normalized spacial score (nSPS) is 10.9. The van der Waals surface area contributed by atoms with Crippen LogP contribution in [0.4, 0.5) is 0 Å². The lowest BCUT2D eigenvalue weighted by atomic mass is 10.3. The number of benzene rings is 1. The van der Waals surface area contributed by atoms with Gasteiger partial charge in [-0.2, -0.15) is 0 Å². The van der Waals surface area contributed by atoms with Crippen LogP contribution in [-0.2, 0) is 0 Å². The summed E-state index contributed by atoms with van der Waals surface area (Å²) in [5.74, 6) is 0.633. The van der Waals surface area contributed by atoms with Crippen molar-refractivity contribution in [2.75, 3.05) is 40.3 Å². The van der Waals surface area contributed by atoms with E-state index in [-0.39, 0.29) is 0 Å². The smallest absolute Gasteiger partial charge is 0.139 e. The Labute approximate surface area is 113 Å². The molecule has 1 aromatic rings. The molecule has 17 heavy (non-hydrogen) atoms. The van der Waals surface area contributed by atoms with Gasteiger partial charge >= 0.3 is 0 Å². The van der Waals surface area contributed by atoms with E-state index in [1.807, 2.05) is 26.2 Å². The van der Waals surface area contributed by atoms with Gasteiger partial charge in [0.2, 0.25) is 0 Å². The number of nitrogens with zero attached hydrogens (tertiary/aromatic N) is 1. The lowest BCUT2D eigenvalue weighted by Gasteiger charge is -2.11. The van der Waals surface area contributed by atoms with Crippen molar-refractivity contribution >= 4 is 23.2 Å². The van der Waals surface area contributed by atoms with Crippen LogP contribution in [0.15, 0.2) is 18.2 Å². The zero-order valence-electron chi connectivity index (χ0n) is 10.2. The lowest BCUT2D eigenvalue weighted by Crippen LogP contribution is -2.29. The van der Waals surface area contributed by atoms with Crippen LogP contribution >= 0.6 is 23.2 Å². The monoisotopic (exact) mass is 276 g/mol. The second-order valence-corrected chi connectivity index (χ2v) is 4.74. The molecule has 0 aliphatic rings. The predicted molar refractivity (Wildman–Crippen MR) is 73.4 cm³/mol. The summed E-state index contributed by atoms with van der Waals surface area (Å²) in [6.07, 6.45) is 0. The minimum Gasteiger partial charge on any atom is -0.491 e. The van der Waals surface area contributed by atoms with Crippen molar-refractivity contribution in [2.24, 2.45) is 0 Å². The van der Waals surface area contributed by atoms with E-state index in [0.29, 0.717) is 22.4 Å². The van der Waals surface area contributed by atoms with E-state index >= 15 is 0 Å². The van der Waals surface area contributed by atoms with Gasteiger partial charge in [0.1, 0.15) is 17.4 Å². The molecule has 1 N–H and O–H groups in total. The quantitative estimate of drug-likeness (QED) is 0.775. The summed E-state index contributed by atoms with van der Waals surface area (Å²) in [5.41, 5.74) is 0. The summed E-state index contributed by atoms with van der Waals surface area (Å²) in [6.45, 7) is 3.32. The van der Waals surface area contributed by atoms with Crippen molar-refractivity contribution in [1.29, 1.82) is 0 Å². The molecule has 0 aromatic heterocycles. The van der Waals surface area contributed by atoms with E-state index in [4.69, 9.17) is 27.9 Å². The Morgan fingerprint density at radius 2 is 2.00 bits per heavy atom. The van der Waals surface area contributed by atoms with Crippen molar-refractivity contribution in [3.63, 3.8) is 0 Å². The highest BCUT2D eigenvalue weighted by atomic mass is 35.5. The largest absolute Gasteiger partial charge is 0.491 e. The van der Waals surface area contributed by atoms with Gasteiger partial charge in [0.05, 0.1) is 5.02 Å². The van der Waals surface area contributed by atoms with Gasteiger partial charge in [0.25, 0.3) is 0 Å². The Kier molecular flexibility index (Phi) is 6.66.